The van der Waals surface area contributed by atoms with Crippen molar-refractivity contribution in [1.29, 1.82) is 0 Å². The summed E-state index contributed by atoms with van der Waals surface area (Å²) in [5, 5.41) is 0. The fourth-order valence-corrected chi connectivity index (χ4v) is 4.71. The highest BCUT2D eigenvalue weighted by molar-refractivity contribution is 5.58. The van der Waals surface area contributed by atoms with Crippen LogP contribution in [0.25, 0.3) is 0 Å². The number of aromatic nitrogens is 3. The van der Waals surface area contributed by atoms with E-state index in [1.807, 2.05) is 17.3 Å². The van der Waals surface area contributed by atoms with Crippen molar-refractivity contribution in [2.24, 2.45) is 0 Å². The van der Waals surface area contributed by atoms with E-state index < -0.39 is 0 Å². The van der Waals surface area contributed by atoms with E-state index in [0.29, 0.717) is 43.9 Å². The van der Waals surface area contributed by atoms with Gasteiger partial charge in [-0.2, -0.15) is 14.4 Å². The van der Waals surface area contributed by atoms with Gasteiger partial charge in [-0.05, 0) is 37.0 Å². The van der Waals surface area contributed by atoms with E-state index in [0.717, 1.165) is 58.7 Å². The molecule has 3 aliphatic rings. The van der Waals surface area contributed by atoms with Crippen LogP contribution in [0, 0.1) is 5.82 Å². The SMILES string of the molecule is Fc1c(N2CCCCC2)nc(N2CCN(Cc3ccncc3)CC2)nc1N1CCOCC1. The lowest BCUT2D eigenvalue weighted by molar-refractivity contribution is 0.122. The molecular formula is C23H32FN7O. The Kier molecular flexibility index (Phi) is 6.64. The predicted molar refractivity (Wildman–Crippen MR) is 123 cm³/mol. The van der Waals surface area contributed by atoms with Gasteiger partial charge in [-0.15, -0.1) is 0 Å². The van der Waals surface area contributed by atoms with Crippen molar-refractivity contribution in [1.82, 2.24) is 19.9 Å². The van der Waals surface area contributed by atoms with E-state index in [1.54, 1.807) is 0 Å². The maximum absolute atomic E-state index is 15.6. The predicted octanol–water partition coefficient (Wildman–Crippen LogP) is 2.16. The van der Waals surface area contributed by atoms with Crippen LogP contribution >= 0.6 is 0 Å². The quantitative estimate of drug-likeness (QED) is 0.700. The normalized spacial score (nSPS) is 20.6. The van der Waals surface area contributed by atoms with Gasteiger partial charge >= 0.3 is 0 Å². The first kappa shape index (κ1) is 21.3. The number of morpholine rings is 1. The monoisotopic (exact) mass is 441 g/mol. The minimum absolute atomic E-state index is 0.283. The lowest BCUT2D eigenvalue weighted by Crippen LogP contribution is -2.47. The molecule has 0 bridgehead atoms. The molecule has 0 N–H and O–H groups in total. The Hall–Kier alpha value is -2.52. The zero-order chi connectivity index (χ0) is 21.8. The second-order valence-electron chi connectivity index (χ2n) is 8.75. The smallest absolute Gasteiger partial charge is 0.229 e. The van der Waals surface area contributed by atoms with Crippen molar-refractivity contribution in [3.05, 3.63) is 35.9 Å². The number of rotatable bonds is 5. The van der Waals surface area contributed by atoms with E-state index >= 15 is 4.39 Å². The highest BCUT2D eigenvalue weighted by atomic mass is 19.1. The molecule has 0 unspecified atom stereocenters. The lowest BCUT2D eigenvalue weighted by Gasteiger charge is -2.37. The Labute approximate surface area is 189 Å². The number of nitrogens with zero attached hydrogens (tertiary/aromatic N) is 7. The van der Waals surface area contributed by atoms with Gasteiger partial charge in [0, 0.05) is 71.3 Å². The first-order valence-corrected chi connectivity index (χ1v) is 11.8. The van der Waals surface area contributed by atoms with Gasteiger partial charge in [0.15, 0.2) is 11.6 Å². The van der Waals surface area contributed by atoms with Gasteiger partial charge in [-0.1, -0.05) is 0 Å². The first-order chi connectivity index (χ1) is 15.8. The van der Waals surface area contributed by atoms with Gasteiger partial charge in [0.1, 0.15) is 0 Å². The minimum atomic E-state index is -0.283. The van der Waals surface area contributed by atoms with Crippen LogP contribution in [0.2, 0.25) is 0 Å². The molecule has 3 fully saturated rings. The van der Waals surface area contributed by atoms with Crippen LogP contribution in [0.3, 0.4) is 0 Å². The second-order valence-corrected chi connectivity index (χ2v) is 8.75. The molecule has 3 aliphatic heterocycles. The van der Waals surface area contributed by atoms with E-state index in [9.17, 15) is 0 Å². The molecule has 5 rings (SSSR count). The van der Waals surface area contributed by atoms with Crippen LogP contribution in [-0.4, -0.2) is 85.4 Å². The van der Waals surface area contributed by atoms with Crippen LogP contribution in [0.15, 0.2) is 24.5 Å². The molecule has 32 heavy (non-hydrogen) atoms. The third kappa shape index (κ3) is 4.78. The average molecular weight is 442 g/mol. The highest BCUT2D eigenvalue weighted by Crippen LogP contribution is 2.31. The number of hydrogen-bond donors (Lipinski definition) is 0. The number of ether oxygens (including phenoxy) is 1. The van der Waals surface area contributed by atoms with E-state index in [2.05, 4.69) is 31.8 Å². The first-order valence-electron chi connectivity index (χ1n) is 11.8. The summed E-state index contributed by atoms with van der Waals surface area (Å²) in [7, 11) is 0. The van der Waals surface area contributed by atoms with Crippen LogP contribution in [0.1, 0.15) is 24.8 Å². The van der Waals surface area contributed by atoms with Crippen molar-refractivity contribution >= 4 is 17.6 Å². The number of pyridine rings is 1. The Morgan fingerprint density at radius 3 is 2.03 bits per heavy atom. The van der Waals surface area contributed by atoms with Gasteiger partial charge in [0.25, 0.3) is 0 Å². The summed E-state index contributed by atoms with van der Waals surface area (Å²) in [6.07, 6.45) is 7.05. The summed E-state index contributed by atoms with van der Waals surface area (Å²) in [6.45, 7) is 8.67. The van der Waals surface area contributed by atoms with Crippen molar-refractivity contribution in [3.8, 4) is 0 Å². The van der Waals surface area contributed by atoms with Crippen LogP contribution in [0.5, 0.6) is 0 Å². The lowest BCUT2D eigenvalue weighted by atomic mass is 10.1. The van der Waals surface area contributed by atoms with E-state index in [1.165, 1.54) is 12.0 Å². The topological polar surface area (TPSA) is 60.9 Å². The molecule has 0 spiro atoms. The standard InChI is InChI=1S/C23H32FN7O/c24-20-21(29-8-2-1-3-9-29)26-23(27-22(20)30-14-16-32-17-15-30)31-12-10-28(11-13-31)18-19-4-6-25-7-5-19/h4-7H,1-3,8-18H2. The second kappa shape index (κ2) is 9.95. The van der Waals surface area contributed by atoms with Gasteiger partial charge in [0.05, 0.1) is 13.2 Å². The molecule has 0 amide bonds. The number of anilines is 3. The van der Waals surface area contributed by atoms with Crippen molar-refractivity contribution in [2.75, 3.05) is 80.3 Å². The van der Waals surface area contributed by atoms with E-state index in [-0.39, 0.29) is 5.82 Å². The maximum Gasteiger partial charge on any atom is 0.229 e. The molecule has 9 heteroatoms. The molecular weight excluding hydrogens is 409 g/mol. The third-order valence-corrected chi connectivity index (χ3v) is 6.58. The Bertz CT molecular complexity index is 840. The van der Waals surface area contributed by atoms with Gasteiger partial charge in [-0.3, -0.25) is 9.88 Å². The van der Waals surface area contributed by atoms with Crippen LogP contribution in [-0.2, 0) is 11.3 Å². The maximum atomic E-state index is 15.6. The number of hydrogen-bond acceptors (Lipinski definition) is 8. The highest BCUT2D eigenvalue weighted by Gasteiger charge is 2.28. The average Bonchev–Trinajstić information content (AvgIpc) is 2.86. The molecule has 0 atom stereocenters. The molecule has 0 aromatic carbocycles. The minimum Gasteiger partial charge on any atom is -0.378 e. The molecule has 8 nitrogen and oxygen atoms in total. The summed E-state index contributed by atoms with van der Waals surface area (Å²) in [6, 6.07) is 4.13. The Balaban J connectivity index is 1.35. The molecule has 172 valence electrons. The molecule has 2 aromatic rings. The Morgan fingerprint density at radius 2 is 1.38 bits per heavy atom. The van der Waals surface area contributed by atoms with Crippen LogP contribution in [0.4, 0.5) is 22.0 Å². The molecule has 3 saturated heterocycles. The van der Waals surface area contributed by atoms with E-state index in [4.69, 9.17) is 14.7 Å². The zero-order valence-electron chi connectivity index (χ0n) is 18.6. The summed E-state index contributed by atoms with van der Waals surface area (Å²) in [5.41, 5.74) is 1.27. The largest absolute Gasteiger partial charge is 0.378 e. The van der Waals surface area contributed by atoms with Crippen LogP contribution < -0.4 is 14.7 Å². The summed E-state index contributed by atoms with van der Waals surface area (Å²) < 4.78 is 21.1. The molecule has 2 aromatic heterocycles. The summed E-state index contributed by atoms with van der Waals surface area (Å²) in [4.78, 5) is 22.4. The van der Waals surface area contributed by atoms with Crippen molar-refractivity contribution in [3.63, 3.8) is 0 Å². The number of piperazine rings is 1. The van der Waals surface area contributed by atoms with Crippen molar-refractivity contribution in [2.45, 2.75) is 25.8 Å². The molecule has 5 heterocycles. The summed E-state index contributed by atoms with van der Waals surface area (Å²) >= 11 is 0. The Morgan fingerprint density at radius 1 is 0.750 bits per heavy atom. The molecule has 0 saturated carbocycles. The number of halogens is 1. The van der Waals surface area contributed by atoms with Gasteiger partial charge < -0.3 is 19.4 Å². The molecule has 0 radical (unpaired) electrons. The summed E-state index contributed by atoms with van der Waals surface area (Å²) in [5.74, 6) is 1.26. The van der Waals surface area contributed by atoms with Crippen molar-refractivity contribution < 1.29 is 9.13 Å². The van der Waals surface area contributed by atoms with Gasteiger partial charge in [-0.25, -0.2) is 0 Å². The number of piperidine rings is 1. The molecule has 0 aliphatic carbocycles. The van der Waals surface area contributed by atoms with Gasteiger partial charge in [0.2, 0.25) is 11.8 Å². The third-order valence-electron chi connectivity index (χ3n) is 6.58. The zero-order valence-corrected chi connectivity index (χ0v) is 18.6. The fraction of sp³-hybridized carbons (Fsp3) is 0.609. The fourth-order valence-electron chi connectivity index (χ4n) is 4.71.